The molecule has 2 aromatic rings. The number of ether oxygens (including phenoxy) is 1. The molecule has 0 bridgehead atoms. The number of aromatic nitrogens is 1. The van der Waals surface area contributed by atoms with Crippen molar-refractivity contribution in [2.45, 2.75) is 32.6 Å². The van der Waals surface area contributed by atoms with Gasteiger partial charge in [0, 0.05) is 11.8 Å². The molecule has 1 aromatic carbocycles. The highest BCUT2D eigenvalue weighted by Gasteiger charge is 2.06. The second kappa shape index (κ2) is 7.78. The van der Waals surface area contributed by atoms with E-state index in [9.17, 15) is 4.79 Å². The quantitative estimate of drug-likeness (QED) is 0.760. The summed E-state index contributed by atoms with van der Waals surface area (Å²) in [7, 11) is 0. The molecule has 0 saturated heterocycles. The van der Waals surface area contributed by atoms with E-state index < -0.39 is 5.97 Å². The van der Waals surface area contributed by atoms with Crippen LogP contribution in [0.15, 0.2) is 29.6 Å². The van der Waals surface area contributed by atoms with Crippen molar-refractivity contribution in [3.8, 4) is 5.75 Å². The molecular formula is C16H19NO3S. The van der Waals surface area contributed by atoms with Crippen LogP contribution in [0.4, 0.5) is 0 Å². The number of carbonyl (C=O) groups is 1. The van der Waals surface area contributed by atoms with E-state index in [1.165, 1.54) is 16.9 Å². The lowest BCUT2D eigenvalue weighted by molar-refractivity contribution is -0.136. The van der Waals surface area contributed by atoms with E-state index in [4.69, 9.17) is 9.84 Å². The predicted octanol–water partition coefficient (Wildman–Crippen LogP) is 3.34. The topological polar surface area (TPSA) is 59.4 Å². The summed E-state index contributed by atoms with van der Waals surface area (Å²) in [6.07, 6.45) is 2.71. The van der Waals surface area contributed by atoms with Gasteiger partial charge in [0.05, 0.1) is 23.7 Å². The zero-order chi connectivity index (χ0) is 15.1. The van der Waals surface area contributed by atoms with Crippen LogP contribution in [0.3, 0.4) is 0 Å². The van der Waals surface area contributed by atoms with E-state index in [1.54, 1.807) is 0 Å². The first-order valence-corrected chi connectivity index (χ1v) is 7.92. The lowest BCUT2D eigenvalue weighted by Crippen LogP contribution is -2.01. The SMILES string of the molecule is CCc1ccc(OCCCc2nc(CC(=O)O)cs2)cc1. The molecule has 4 nitrogen and oxygen atoms in total. The van der Waals surface area contributed by atoms with Gasteiger partial charge in [-0.3, -0.25) is 4.79 Å². The summed E-state index contributed by atoms with van der Waals surface area (Å²) in [6, 6.07) is 8.14. The fraction of sp³-hybridized carbons (Fsp3) is 0.375. The molecular weight excluding hydrogens is 286 g/mol. The van der Waals surface area contributed by atoms with Gasteiger partial charge < -0.3 is 9.84 Å². The van der Waals surface area contributed by atoms with Crippen LogP contribution in [0.25, 0.3) is 0 Å². The Bertz CT molecular complexity index is 577. The van der Waals surface area contributed by atoms with Crippen LogP contribution >= 0.6 is 11.3 Å². The van der Waals surface area contributed by atoms with Crippen LogP contribution < -0.4 is 4.74 Å². The molecule has 1 aromatic heterocycles. The van der Waals surface area contributed by atoms with Crippen LogP contribution in [0.1, 0.15) is 29.6 Å². The van der Waals surface area contributed by atoms with Crippen LogP contribution in [0, 0.1) is 0 Å². The number of rotatable bonds is 8. The van der Waals surface area contributed by atoms with E-state index in [-0.39, 0.29) is 6.42 Å². The van der Waals surface area contributed by atoms with Gasteiger partial charge in [-0.2, -0.15) is 0 Å². The third kappa shape index (κ3) is 5.19. The Labute approximate surface area is 128 Å². The molecule has 0 unspecified atom stereocenters. The molecule has 1 heterocycles. The van der Waals surface area contributed by atoms with E-state index in [1.807, 2.05) is 17.5 Å². The normalized spacial score (nSPS) is 10.5. The molecule has 2 rings (SSSR count). The first-order chi connectivity index (χ1) is 10.2. The fourth-order valence-electron chi connectivity index (χ4n) is 1.93. The van der Waals surface area contributed by atoms with Gasteiger partial charge >= 0.3 is 5.97 Å². The lowest BCUT2D eigenvalue weighted by atomic mass is 10.2. The van der Waals surface area contributed by atoms with Crippen LogP contribution in [-0.2, 0) is 24.1 Å². The van der Waals surface area contributed by atoms with Crippen molar-refractivity contribution in [2.75, 3.05) is 6.61 Å². The van der Waals surface area contributed by atoms with Gasteiger partial charge in [-0.15, -0.1) is 11.3 Å². The van der Waals surface area contributed by atoms with Gasteiger partial charge in [-0.05, 0) is 30.5 Å². The van der Waals surface area contributed by atoms with Crippen molar-refractivity contribution in [3.05, 3.63) is 45.9 Å². The summed E-state index contributed by atoms with van der Waals surface area (Å²) in [6.45, 7) is 2.77. The van der Waals surface area contributed by atoms with Crippen LogP contribution in [0.2, 0.25) is 0 Å². The van der Waals surface area contributed by atoms with Crippen molar-refractivity contribution in [3.63, 3.8) is 0 Å². The van der Waals surface area contributed by atoms with Gasteiger partial charge in [-0.1, -0.05) is 19.1 Å². The molecule has 0 fully saturated rings. The summed E-state index contributed by atoms with van der Waals surface area (Å²) < 4.78 is 5.68. The number of aryl methyl sites for hydroxylation is 2. The van der Waals surface area contributed by atoms with Crippen molar-refractivity contribution in [2.24, 2.45) is 0 Å². The van der Waals surface area contributed by atoms with Crippen molar-refractivity contribution in [1.82, 2.24) is 4.98 Å². The molecule has 0 amide bonds. The standard InChI is InChI=1S/C16H19NO3S/c1-2-12-5-7-14(8-6-12)20-9-3-4-15-17-13(11-21-15)10-16(18)19/h5-8,11H,2-4,9-10H2,1H3,(H,18,19). The highest BCUT2D eigenvalue weighted by molar-refractivity contribution is 7.09. The maximum Gasteiger partial charge on any atom is 0.309 e. The number of thiazole rings is 1. The Morgan fingerprint density at radius 1 is 1.33 bits per heavy atom. The zero-order valence-corrected chi connectivity index (χ0v) is 12.9. The van der Waals surface area contributed by atoms with Crippen LogP contribution in [0.5, 0.6) is 5.75 Å². The smallest absolute Gasteiger partial charge is 0.309 e. The van der Waals surface area contributed by atoms with Gasteiger partial charge in [0.2, 0.25) is 0 Å². The second-order valence-corrected chi connectivity index (χ2v) is 5.70. The van der Waals surface area contributed by atoms with E-state index in [0.717, 1.165) is 30.0 Å². The third-order valence-corrected chi connectivity index (χ3v) is 4.02. The minimum absolute atomic E-state index is 0.00320. The first-order valence-electron chi connectivity index (χ1n) is 7.04. The minimum atomic E-state index is -0.842. The van der Waals surface area contributed by atoms with Gasteiger partial charge in [0.15, 0.2) is 0 Å². The maximum absolute atomic E-state index is 10.6. The van der Waals surface area contributed by atoms with Crippen molar-refractivity contribution >= 4 is 17.3 Å². The summed E-state index contributed by atoms with van der Waals surface area (Å²) >= 11 is 1.51. The van der Waals surface area contributed by atoms with Gasteiger partial charge in [0.25, 0.3) is 0 Å². The molecule has 0 saturated carbocycles. The van der Waals surface area contributed by atoms with Crippen LogP contribution in [-0.4, -0.2) is 22.7 Å². The minimum Gasteiger partial charge on any atom is -0.494 e. The number of aliphatic carboxylic acids is 1. The van der Waals surface area contributed by atoms with E-state index in [0.29, 0.717) is 12.3 Å². The Morgan fingerprint density at radius 2 is 2.10 bits per heavy atom. The fourth-order valence-corrected chi connectivity index (χ4v) is 2.77. The molecule has 0 aliphatic heterocycles. The summed E-state index contributed by atoms with van der Waals surface area (Å²) in [4.78, 5) is 14.9. The number of nitrogens with zero attached hydrogens (tertiary/aromatic N) is 1. The molecule has 0 atom stereocenters. The van der Waals surface area contributed by atoms with E-state index >= 15 is 0 Å². The predicted molar refractivity (Wildman–Crippen MR) is 83.1 cm³/mol. The van der Waals surface area contributed by atoms with Crippen molar-refractivity contribution in [1.29, 1.82) is 0 Å². The number of carboxylic acid groups (broad SMARTS) is 1. The number of hydrogen-bond donors (Lipinski definition) is 1. The maximum atomic E-state index is 10.6. The number of carboxylic acids is 1. The molecule has 21 heavy (non-hydrogen) atoms. The average Bonchev–Trinajstić information content (AvgIpc) is 2.91. The highest BCUT2D eigenvalue weighted by atomic mass is 32.1. The molecule has 0 aliphatic carbocycles. The Balaban J connectivity index is 1.71. The molecule has 0 spiro atoms. The third-order valence-electron chi connectivity index (χ3n) is 3.07. The molecule has 5 heteroatoms. The van der Waals surface area contributed by atoms with Gasteiger partial charge in [-0.25, -0.2) is 4.98 Å². The Hall–Kier alpha value is -1.88. The molecule has 1 N–H and O–H groups in total. The molecule has 112 valence electrons. The van der Waals surface area contributed by atoms with E-state index in [2.05, 4.69) is 24.0 Å². The van der Waals surface area contributed by atoms with Gasteiger partial charge in [0.1, 0.15) is 5.75 Å². The highest BCUT2D eigenvalue weighted by Crippen LogP contribution is 2.15. The summed E-state index contributed by atoms with van der Waals surface area (Å²) in [5.74, 6) is 0.0450. The lowest BCUT2D eigenvalue weighted by Gasteiger charge is -2.06. The summed E-state index contributed by atoms with van der Waals surface area (Å²) in [5, 5.41) is 11.5. The average molecular weight is 305 g/mol. The van der Waals surface area contributed by atoms with Crippen molar-refractivity contribution < 1.29 is 14.6 Å². The number of benzene rings is 1. The monoisotopic (exact) mass is 305 g/mol. The molecule has 0 aliphatic rings. The Kier molecular flexibility index (Phi) is 5.75. The zero-order valence-electron chi connectivity index (χ0n) is 12.0. The Morgan fingerprint density at radius 3 is 2.76 bits per heavy atom. The second-order valence-electron chi connectivity index (χ2n) is 4.75. The largest absolute Gasteiger partial charge is 0.494 e. The first kappa shape index (κ1) is 15.5. The molecule has 0 radical (unpaired) electrons. The summed E-state index contributed by atoms with van der Waals surface area (Å²) in [5.41, 5.74) is 1.94. The number of hydrogen-bond acceptors (Lipinski definition) is 4.